The van der Waals surface area contributed by atoms with Crippen molar-refractivity contribution in [3.05, 3.63) is 0 Å². The van der Waals surface area contributed by atoms with Gasteiger partial charge in [-0.15, -0.1) is 0 Å². The van der Waals surface area contributed by atoms with E-state index in [0.717, 1.165) is 18.3 Å². The van der Waals surface area contributed by atoms with Crippen LogP contribution in [0.5, 0.6) is 0 Å². The first kappa shape index (κ1) is 13.3. The SMILES string of the molecule is CCS.NCOCC1CCCCC1. The van der Waals surface area contributed by atoms with Crippen molar-refractivity contribution in [2.75, 3.05) is 19.1 Å². The topological polar surface area (TPSA) is 35.2 Å². The van der Waals surface area contributed by atoms with Gasteiger partial charge < -0.3 is 10.5 Å². The fourth-order valence-electron chi connectivity index (χ4n) is 1.59. The third kappa shape index (κ3) is 8.60. The molecule has 0 aromatic carbocycles. The number of rotatable bonds is 3. The highest BCUT2D eigenvalue weighted by atomic mass is 32.1. The van der Waals surface area contributed by atoms with Crippen LogP contribution in [0.4, 0.5) is 0 Å². The summed E-state index contributed by atoms with van der Waals surface area (Å²) in [6.45, 7) is 3.26. The number of nitrogens with two attached hydrogens (primary N) is 1. The molecule has 0 unspecified atom stereocenters. The maximum atomic E-state index is 5.22. The summed E-state index contributed by atoms with van der Waals surface area (Å²) in [7, 11) is 0. The van der Waals surface area contributed by atoms with Crippen LogP contribution >= 0.6 is 12.6 Å². The molecule has 0 radical (unpaired) electrons. The van der Waals surface area contributed by atoms with E-state index in [1.54, 1.807) is 0 Å². The minimum Gasteiger partial charge on any atom is -0.366 e. The summed E-state index contributed by atoms with van der Waals surface area (Å²) in [5, 5.41) is 0. The molecule has 0 aromatic rings. The Hall–Kier alpha value is 0.270. The molecule has 1 saturated carbocycles. The fourth-order valence-corrected chi connectivity index (χ4v) is 1.59. The molecule has 1 fully saturated rings. The molecule has 1 rings (SSSR count). The molecule has 0 heterocycles. The summed E-state index contributed by atoms with van der Waals surface area (Å²) >= 11 is 3.79. The van der Waals surface area contributed by atoms with E-state index in [1.165, 1.54) is 32.1 Å². The highest BCUT2D eigenvalue weighted by molar-refractivity contribution is 7.80. The smallest absolute Gasteiger partial charge is 0.0940 e. The van der Waals surface area contributed by atoms with Gasteiger partial charge >= 0.3 is 0 Å². The van der Waals surface area contributed by atoms with E-state index in [-0.39, 0.29) is 0 Å². The van der Waals surface area contributed by atoms with Crippen molar-refractivity contribution >= 4 is 12.6 Å². The van der Waals surface area contributed by atoms with Gasteiger partial charge in [-0.1, -0.05) is 26.2 Å². The molecular formula is C10H23NOS. The van der Waals surface area contributed by atoms with Crippen molar-refractivity contribution in [2.24, 2.45) is 11.7 Å². The molecule has 2 N–H and O–H groups in total. The van der Waals surface area contributed by atoms with Crippen LogP contribution < -0.4 is 5.73 Å². The molecule has 0 atom stereocenters. The molecule has 1 aliphatic rings. The van der Waals surface area contributed by atoms with Gasteiger partial charge in [0.2, 0.25) is 0 Å². The van der Waals surface area contributed by atoms with E-state index in [1.807, 2.05) is 6.92 Å². The monoisotopic (exact) mass is 205 g/mol. The summed E-state index contributed by atoms with van der Waals surface area (Å²) in [4.78, 5) is 0. The molecule has 0 aromatic heterocycles. The maximum absolute atomic E-state index is 5.22. The van der Waals surface area contributed by atoms with E-state index >= 15 is 0 Å². The minimum atomic E-state index is 0.385. The highest BCUT2D eigenvalue weighted by Gasteiger charge is 2.12. The van der Waals surface area contributed by atoms with E-state index in [2.05, 4.69) is 12.6 Å². The Morgan fingerprint density at radius 3 is 2.31 bits per heavy atom. The van der Waals surface area contributed by atoms with Gasteiger partial charge in [-0.3, -0.25) is 0 Å². The number of hydrogen-bond donors (Lipinski definition) is 2. The second kappa shape index (κ2) is 10.4. The van der Waals surface area contributed by atoms with E-state index in [9.17, 15) is 0 Å². The van der Waals surface area contributed by atoms with E-state index in [0.29, 0.717) is 6.73 Å². The summed E-state index contributed by atoms with van der Waals surface area (Å²) in [5.74, 6) is 1.75. The maximum Gasteiger partial charge on any atom is 0.0940 e. The summed E-state index contributed by atoms with van der Waals surface area (Å²) in [6, 6.07) is 0. The average Bonchev–Trinajstić information content (AvgIpc) is 2.18. The number of thiol groups is 1. The van der Waals surface area contributed by atoms with E-state index in [4.69, 9.17) is 10.5 Å². The molecule has 0 saturated heterocycles. The van der Waals surface area contributed by atoms with Gasteiger partial charge in [0, 0.05) is 0 Å². The molecule has 0 amide bonds. The zero-order valence-corrected chi connectivity index (χ0v) is 9.56. The van der Waals surface area contributed by atoms with Crippen molar-refractivity contribution in [2.45, 2.75) is 39.0 Å². The number of ether oxygens (including phenoxy) is 1. The lowest BCUT2D eigenvalue weighted by Gasteiger charge is -2.20. The Labute approximate surface area is 87.6 Å². The third-order valence-electron chi connectivity index (χ3n) is 2.20. The van der Waals surface area contributed by atoms with Crippen molar-refractivity contribution < 1.29 is 4.74 Å². The van der Waals surface area contributed by atoms with Crippen LogP contribution in [0.3, 0.4) is 0 Å². The van der Waals surface area contributed by atoms with Crippen LogP contribution in [0.1, 0.15) is 39.0 Å². The normalized spacial score (nSPS) is 17.8. The zero-order chi connectivity index (χ0) is 9.94. The first-order chi connectivity index (χ1) is 6.35. The highest BCUT2D eigenvalue weighted by Crippen LogP contribution is 2.23. The third-order valence-corrected chi connectivity index (χ3v) is 2.20. The van der Waals surface area contributed by atoms with E-state index < -0.39 is 0 Å². The van der Waals surface area contributed by atoms with Gasteiger partial charge in [-0.05, 0) is 24.5 Å². The Kier molecular flexibility index (Phi) is 10.6. The second-order valence-corrected chi connectivity index (χ2v) is 3.99. The zero-order valence-electron chi connectivity index (χ0n) is 8.67. The molecule has 13 heavy (non-hydrogen) atoms. The van der Waals surface area contributed by atoms with Crippen LogP contribution in [-0.4, -0.2) is 19.1 Å². The lowest BCUT2D eigenvalue weighted by molar-refractivity contribution is 0.0901. The Bertz CT molecular complexity index is 94.9. The van der Waals surface area contributed by atoms with Gasteiger partial charge in [0.15, 0.2) is 0 Å². The minimum absolute atomic E-state index is 0.385. The molecule has 2 nitrogen and oxygen atoms in total. The van der Waals surface area contributed by atoms with Crippen LogP contribution in [0.2, 0.25) is 0 Å². The van der Waals surface area contributed by atoms with Crippen LogP contribution in [0.25, 0.3) is 0 Å². The largest absolute Gasteiger partial charge is 0.366 e. The fraction of sp³-hybridized carbons (Fsp3) is 1.00. The Morgan fingerprint density at radius 1 is 1.31 bits per heavy atom. The molecule has 1 aliphatic carbocycles. The van der Waals surface area contributed by atoms with Gasteiger partial charge in [-0.2, -0.15) is 12.6 Å². The Morgan fingerprint density at radius 2 is 1.85 bits per heavy atom. The van der Waals surface area contributed by atoms with Crippen molar-refractivity contribution in [3.63, 3.8) is 0 Å². The summed E-state index contributed by atoms with van der Waals surface area (Å²) in [6.07, 6.45) is 6.89. The quantitative estimate of drug-likeness (QED) is 0.548. The summed E-state index contributed by atoms with van der Waals surface area (Å²) < 4.78 is 5.15. The first-order valence-corrected chi connectivity index (χ1v) is 5.87. The summed E-state index contributed by atoms with van der Waals surface area (Å²) in [5.41, 5.74) is 5.22. The lowest BCUT2D eigenvalue weighted by Crippen LogP contribution is -2.16. The first-order valence-electron chi connectivity index (χ1n) is 5.23. The molecule has 3 heteroatoms. The van der Waals surface area contributed by atoms with Crippen molar-refractivity contribution in [1.29, 1.82) is 0 Å². The van der Waals surface area contributed by atoms with Crippen molar-refractivity contribution in [3.8, 4) is 0 Å². The average molecular weight is 205 g/mol. The molecule has 0 spiro atoms. The van der Waals surface area contributed by atoms with Crippen LogP contribution in [0.15, 0.2) is 0 Å². The molecule has 0 aliphatic heterocycles. The van der Waals surface area contributed by atoms with Gasteiger partial charge in [-0.25, -0.2) is 0 Å². The standard InChI is InChI=1S/C8H17NO.C2H6S/c9-7-10-6-8-4-2-1-3-5-8;1-2-3/h8H,1-7,9H2;3H,2H2,1H3. The number of hydrogen-bond acceptors (Lipinski definition) is 3. The van der Waals surface area contributed by atoms with Crippen LogP contribution in [-0.2, 0) is 4.74 Å². The predicted molar refractivity (Wildman–Crippen MR) is 61.1 cm³/mol. The van der Waals surface area contributed by atoms with Crippen molar-refractivity contribution in [1.82, 2.24) is 0 Å². The van der Waals surface area contributed by atoms with Crippen LogP contribution in [0, 0.1) is 5.92 Å². The Balaban J connectivity index is 0.000000424. The molecule has 80 valence electrons. The lowest BCUT2D eigenvalue weighted by atomic mass is 9.90. The van der Waals surface area contributed by atoms with Gasteiger partial charge in [0.1, 0.15) is 0 Å². The molecular weight excluding hydrogens is 182 g/mol. The van der Waals surface area contributed by atoms with Gasteiger partial charge in [0.05, 0.1) is 13.3 Å². The second-order valence-electron chi connectivity index (χ2n) is 3.36. The predicted octanol–water partition coefficient (Wildman–Crippen LogP) is 2.44. The van der Waals surface area contributed by atoms with Gasteiger partial charge in [0.25, 0.3) is 0 Å². The molecule has 0 bridgehead atoms.